The lowest BCUT2D eigenvalue weighted by atomic mass is 9.88. The van der Waals surface area contributed by atoms with Crippen LogP contribution in [0.5, 0.6) is 11.5 Å². The number of aryl methyl sites for hydroxylation is 2. The Morgan fingerprint density at radius 3 is 1.28 bits per heavy atom. The largest absolute Gasteiger partial charge is 0.507 e. The zero-order chi connectivity index (χ0) is 76.9. The van der Waals surface area contributed by atoms with Crippen LogP contribution in [0.15, 0.2) is 214 Å². The van der Waals surface area contributed by atoms with Gasteiger partial charge < -0.3 is 64.4 Å². The maximum absolute atomic E-state index is 12.9. The van der Waals surface area contributed by atoms with Gasteiger partial charge in [-0.05, 0) is 143 Å². The van der Waals surface area contributed by atoms with Gasteiger partial charge in [-0.25, -0.2) is 26.3 Å². The lowest BCUT2D eigenvalue weighted by molar-refractivity contribution is 0.158. The molecule has 0 aliphatic heterocycles. The van der Waals surface area contributed by atoms with Gasteiger partial charge in [0.1, 0.15) is 17.5 Å². The van der Waals surface area contributed by atoms with Gasteiger partial charge in [0, 0.05) is 73.0 Å². The highest BCUT2D eigenvalue weighted by molar-refractivity contribution is 7.89. The molecule has 0 amide bonds. The van der Waals surface area contributed by atoms with Crippen LogP contribution in [0.1, 0.15) is 153 Å². The van der Waals surface area contributed by atoms with Gasteiger partial charge in [-0.3, -0.25) is 9.98 Å². The Balaban J connectivity index is 0.000000167. The molecule has 0 unspecified atom stereocenters. The van der Waals surface area contributed by atoms with Gasteiger partial charge in [0.05, 0.1) is 59.4 Å². The van der Waals surface area contributed by atoms with Gasteiger partial charge in [0.25, 0.3) is 0 Å². The predicted octanol–water partition coefficient (Wildman–Crippen LogP) is 10.6. The number of sulfonamides is 2. The van der Waals surface area contributed by atoms with Crippen LogP contribution < -0.4 is 38.1 Å². The number of phenolic OH excluding ortho intramolecular Hbond substituents is 2. The van der Waals surface area contributed by atoms with E-state index in [4.69, 9.17) is 43.9 Å². The molecule has 106 heavy (non-hydrogen) atoms. The first-order valence-electron chi connectivity index (χ1n) is 36.4. The van der Waals surface area contributed by atoms with Crippen molar-refractivity contribution in [2.75, 3.05) is 13.2 Å². The summed E-state index contributed by atoms with van der Waals surface area (Å²) in [7, 11) is -7.05. The van der Waals surface area contributed by atoms with Crippen molar-refractivity contribution in [3.63, 3.8) is 0 Å². The van der Waals surface area contributed by atoms with Crippen molar-refractivity contribution in [3.8, 4) is 11.5 Å². The fourth-order valence-electron chi connectivity index (χ4n) is 13.1. The molecule has 5 aliphatic rings. The second-order valence-corrected chi connectivity index (χ2v) is 32.5. The second kappa shape index (κ2) is 39.1. The summed E-state index contributed by atoms with van der Waals surface area (Å²) in [6.07, 6.45) is 11.5. The van der Waals surface area contributed by atoms with E-state index in [0.29, 0.717) is 35.3 Å². The summed E-state index contributed by atoms with van der Waals surface area (Å²) in [6, 6.07) is 59.0. The summed E-state index contributed by atoms with van der Waals surface area (Å²) < 4.78 is 55.7. The topological polar surface area (TPSA) is 389 Å². The van der Waals surface area contributed by atoms with Gasteiger partial charge in [0.15, 0.2) is 0 Å². The molecule has 14 rings (SSSR count). The normalized spacial score (nSPS) is 22.2. The summed E-state index contributed by atoms with van der Waals surface area (Å²) in [5.41, 5.74) is 38.2. The van der Waals surface area contributed by atoms with Crippen LogP contribution >= 0.6 is 0 Å². The van der Waals surface area contributed by atoms with Crippen LogP contribution in [-0.4, -0.2) is 133 Å². The average molecular weight is 1480 g/mol. The molecule has 0 aromatic heterocycles. The van der Waals surface area contributed by atoms with Gasteiger partial charge in [-0.15, -0.1) is 0 Å². The van der Waals surface area contributed by atoms with Gasteiger partial charge >= 0.3 is 0 Å². The minimum Gasteiger partial charge on any atom is -0.507 e. The number of nitrogens with zero attached hydrogens (tertiary/aromatic N) is 2. The predicted molar refractivity (Wildman–Crippen MR) is 426 cm³/mol. The number of fused-ring (bicyclic) bond motifs is 5. The maximum Gasteiger partial charge on any atom is 0.240 e. The summed E-state index contributed by atoms with van der Waals surface area (Å²) in [5.74, 6) is 0.373. The molecule has 9 aromatic rings. The third-order valence-corrected chi connectivity index (χ3v) is 22.8. The van der Waals surface area contributed by atoms with Crippen LogP contribution in [-0.2, 0) is 39.3 Å². The minimum absolute atomic E-state index is 0.0365. The molecule has 9 aromatic carbocycles. The third-order valence-electron chi connectivity index (χ3n) is 19.8. The number of nitrogens with one attached hydrogen (secondary N) is 2. The van der Waals surface area contributed by atoms with Crippen molar-refractivity contribution in [1.29, 1.82) is 0 Å². The van der Waals surface area contributed by atoms with Gasteiger partial charge in [0.2, 0.25) is 20.0 Å². The number of hydrogen-bond acceptors (Lipinski definition) is 18. The zero-order valence-corrected chi connectivity index (χ0v) is 63.2. The summed E-state index contributed by atoms with van der Waals surface area (Å²) in [5, 5.41) is 70.2. The minimum atomic E-state index is -3.61. The Bertz CT molecular complexity index is 4520. The van der Waals surface area contributed by atoms with Crippen LogP contribution in [0, 0.1) is 19.3 Å². The van der Waals surface area contributed by atoms with E-state index in [0.717, 1.165) is 106 Å². The van der Waals surface area contributed by atoms with E-state index in [1.165, 1.54) is 11.1 Å². The summed E-state index contributed by atoms with van der Waals surface area (Å²) in [4.78, 5) is 9.90. The number of aliphatic hydroxyl groups excluding tert-OH is 5. The average Bonchev–Trinajstić information content (AvgIpc) is 1.27. The molecule has 568 valence electrons. The van der Waals surface area contributed by atoms with Crippen molar-refractivity contribution in [3.05, 3.63) is 250 Å². The number of aromatic hydroxyl groups is 2. The highest BCUT2D eigenvalue weighted by Crippen LogP contribution is 2.36. The van der Waals surface area contributed by atoms with E-state index in [9.17, 15) is 42.4 Å². The molecule has 0 spiro atoms. The molecule has 0 saturated heterocycles. The number of nitrogens with two attached hydrogens (primary N) is 5. The third kappa shape index (κ3) is 23.2. The number of aliphatic hydroxyl groups is 5. The van der Waals surface area contributed by atoms with Crippen molar-refractivity contribution in [1.82, 2.24) is 9.44 Å². The molecule has 22 heteroatoms. The lowest BCUT2D eigenvalue weighted by Gasteiger charge is -2.29. The molecular formula is C84H109N9O11S2. The Hall–Kier alpha value is -8.14. The maximum atomic E-state index is 12.9. The quantitative estimate of drug-likeness (QED) is 0.0505. The van der Waals surface area contributed by atoms with E-state index >= 15 is 0 Å². The van der Waals surface area contributed by atoms with Crippen LogP contribution in [0.25, 0.3) is 21.5 Å². The van der Waals surface area contributed by atoms with Gasteiger partial charge in [-0.2, -0.15) is 0 Å². The second-order valence-electron chi connectivity index (χ2n) is 29.1. The number of benzene rings is 9. The molecule has 2 fully saturated rings. The highest BCUT2D eigenvalue weighted by atomic mass is 32.2. The van der Waals surface area contributed by atoms with Crippen molar-refractivity contribution in [2.24, 2.45) is 44.1 Å². The highest BCUT2D eigenvalue weighted by Gasteiger charge is 2.33. The van der Waals surface area contributed by atoms with E-state index in [1.54, 1.807) is 80.0 Å². The number of hydrogen-bond donors (Lipinski definition) is 14. The molecule has 0 bridgehead atoms. The van der Waals surface area contributed by atoms with Crippen LogP contribution in [0.3, 0.4) is 0 Å². The van der Waals surface area contributed by atoms with Crippen molar-refractivity contribution >= 4 is 54.0 Å². The van der Waals surface area contributed by atoms with E-state index in [2.05, 4.69) is 14.4 Å². The van der Waals surface area contributed by atoms with Crippen molar-refractivity contribution in [2.45, 2.75) is 195 Å². The Morgan fingerprint density at radius 1 is 0.481 bits per heavy atom. The molecule has 5 aliphatic carbocycles. The SMILES string of the molecule is CC(C)(C)[C@H](N)CO.C[C@H](N)CO.Cc1ccc(S(=O)(=O)N[C@@H]2CCCC[C@H]2N)cc1.Cc1ccc(S(=O)(=O)N[C@@H]2CCCC[C@H]2N=Cc2c(O)ccc3ccccc23)cc1.N[C@@H]1c2ccccc2C[C@@H]1O.N[C@H]1c2ccccc2C[C@H]1O.Oc1ccc2ccccc2c1C=N[C@@H]1c2ccccc2C[C@@H]1O. The van der Waals surface area contributed by atoms with Crippen molar-refractivity contribution < 1.29 is 52.6 Å². The monoisotopic (exact) mass is 1480 g/mol. The Morgan fingerprint density at radius 2 is 0.858 bits per heavy atom. The molecule has 0 radical (unpaired) electrons. The summed E-state index contributed by atoms with van der Waals surface area (Å²) >= 11 is 0. The first-order chi connectivity index (χ1) is 50.5. The molecule has 0 heterocycles. The van der Waals surface area contributed by atoms with E-state index in [1.807, 2.05) is 168 Å². The number of aliphatic imine (C=N–C) groups is 2. The fourth-order valence-corrected chi connectivity index (χ4v) is 15.7. The number of rotatable bonds is 12. The van der Waals surface area contributed by atoms with Gasteiger partial charge in [-0.1, -0.05) is 215 Å². The molecule has 19 N–H and O–H groups in total. The number of phenols is 2. The Kier molecular flexibility index (Phi) is 30.8. The fraction of sp³-hybridized carbons (Fsp3) is 0.381. The molecule has 12 atom stereocenters. The molecular weight excluding hydrogens is 1380 g/mol. The van der Waals surface area contributed by atoms with E-state index in [-0.39, 0.29) is 102 Å². The lowest BCUT2D eigenvalue weighted by Crippen LogP contribution is -2.49. The van der Waals surface area contributed by atoms with E-state index < -0.39 is 26.2 Å². The van der Waals surface area contributed by atoms with Crippen LogP contribution in [0.2, 0.25) is 0 Å². The molecule has 2 saturated carbocycles. The standard InChI is InChI=1S/C24H26N2O3S.C20H17NO2.C13H20N2O2S.2C9H11NO.C6H15NO.C3H9NO/c1-17-10-13-19(14-11-17)30(28,29)26-23-9-5-4-8-22(23)25-16-21-20-7-3-2-6-18(20)12-15-24(21)27;22-18-10-9-13-5-1-3-7-15(13)17(18)12-21-20-16-8-4-2-6-14(16)11-19(20)23;1-10-6-8-11(9-7-10)18(16,17)15-13-5-3-2-4-12(13)14;2*10-9-7-4-2-1-3-6(7)5-8(9)11;1-6(2,3)5(7)4-8;1-3(4)2-5/h2-3,6-7,10-16,22-23,26-27H,4-5,8-9H2,1H3;1-10,12,19-20,22-23H,11H2;6-9,12-13,15H,2-5,14H2,1H3;2*1-4,8-9,11H,5,10H2;5,8H,4,7H2,1-3H3;3,5H,2,4H2,1H3/t22-,23-;19-,20+;12-,13-;2*8-,9+;5-;3-/m1011010/s1. The molecule has 20 nitrogen and oxygen atoms in total. The van der Waals surface area contributed by atoms with Crippen LogP contribution in [0.4, 0.5) is 0 Å². The Labute approximate surface area is 625 Å². The first kappa shape index (κ1) is 83.5. The zero-order valence-electron chi connectivity index (χ0n) is 61.6. The first-order valence-corrected chi connectivity index (χ1v) is 39.4. The smallest absolute Gasteiger partial charge is 0.240 e. The summed E-state index contributed by atoms with van der Waals surface area (Å²) in [6.45, 7) is 11.8.